The molecule has 0 saturated heterocycles. The maximum atomic E-state index is 13.3. The first-order valence-electron chi connectivity index (χ1n) is 8.96. The van der Waals surface area contributed by atoms with Gasteiger partial charge in [0.25, 0.3) is 0 Å². The molecule has 27 heavy (non-hydrogen) atoms. The summed E-state index contributed by atoms with van der Waals surface area (Å²) < 4.78 is 15.0. The zero-order valence-corrected chi connectivity index (χ0v) is 16.0. The standard InChI is InChI=1S/C19H25FN6O/c1-12(2)7-17(18-21-11-22-26(18)4)24-19(27)25(3)10-15-9-13-8-14(20)5-6-16(13)23-15/h5-6,8-9,11-12,17,23H,7,10H2,1-4H3,(H,24,27)/t17-/m0/s1. The van der Waals surface area contributed by atoms with E-state index in [0.29, 0.717) is 12.5 Å². The summed E-state index contributed by atoms with van der Waals surface area (Å²) in [7, 11) is 3.54. The summed E-state index contributed by atoms with van der Waals surface area (Å²) in [4.78, 5) is 21.8. The monoisotopic (exact) mass is 372 g/mol. The third-order valence-electron chi connectivity index (χ3n) is 4.46. The number of amides is 2. The van der Waals surface area contributed by atoms with Crippen LogP contribution >= 0.6 is 0 Å². The van der Waals surface area contributed by atoms with Crippen molar-refractivity contribution in [3.8, 4) is 0 Å². The third-order valence-corrected chi connectivity index (χ3v) is 4.46. The molecule has 0 saturated carbocycles. The van der Waals surface area contributed by atoms with Crippen LogP contribution in [0.4, 0.5) is 9.18 Å². The molecule has 1 aromatic carbocycles. The summed E-state index contributed by atoms with van der Waals surface area (Å²) in [6.07, 6.45) is 2.25. The average molecular weight is 372 g/mol. The van der Waals surface area contributed by atoms with Gasteiger partial charge in [-0.15, -0.1) is 0 Å². The summed E-state index contributed by atoms with van der Waals surface area (Å²) in [6.45, 7) is 4.58. The second-order valence-electron chi connectivity index (χ2n) is 7.26. The number of hydrogen-bond donors (Lipinski definition) is 2. The van der Waals surface area contributed by atoms with Crippen LogP contribution in [0.25, 0.3) is 10.9 Å². The minimum Gasteiger partial charge on any atom is -0.357 e. The maximum Gasteiger partial charge on any atom is 0.318 e. The van der Waals surface area contributed by atoms with Gasteiger partial charge in [0.15, 0.2) is 0 Å². The number of rotatable bonds is 6. The Balaban J connectivity index is 1.70. The fourth-order valence-corrected chi connectivity index (χ4v) is 3.16. The molecule has 2 N–H and O–H groups in total. The van der Waals surface area contributed by atoms with Crippen molar-refractivity contribution >= 4 is 16.9 Å². The molecule has 2 heterocycles. The zero-order valence-electron chi connectivity index (χ0n) is 16.0. The van der Waals surface area contributed by atoms with E-state index in [4.69, 9.17) is 0 Å². The van der Waals surface area contributed by atoms with Crippen molar-refractivity contribution in [1.82, 2.24) is 30.0 Å². The van der Waals surface area contributed by atoms with E-state index in [9.17, 15) is 9.18 Å². The molecule has 8 heteroatoms. The van der Waals surface area contributed by atoms with Crippen LogP contribution in [0.15, 0.2) is 30.6 Å². The highest BCUT2D eigenvalue weighted by Crippen LogP contribution is 2.20. The van der Waals surface area contributed by atoms with Crippen molar-refractivity contribution in [3.05, 3.63) is 47.9 Å². The van der Waals surface area contributed by atoms with E-state index in [2.05, 4.69) is 34.2 Å². The highest BCUT2D eigenvalue weighted by atomic mass is 19.1. The summed E-state index contributed by atoms with van der Waals surface area (Å²) in [5.41, 5.74) is 1.68. The number of carbonyl (C=O) groups is 1. The van der Waals surface area contributed by atoms with E-state index in [1.54, 1.807) is 22.7 Å². The van der Waals surface area contributed by atoms with Crippen molar-refractivity contribution in [1.29, 1.82) is 0 Å². The fourth-order valence-electron chi connectivity index (χ4n) is 3.16. The number of carbonyl (C=O) groups excluding carboxylic acids is 1. The van der Waals surface area contributed by atoms with Crippen LogP contribution in [0.1, 0.15) is 37.8 Å². The van der Waals surface area contributed by atoms with E-state index in [-0.39, 0.29) is 17.9 Å². The second kappa shape index (κ2) is 7.77. The van der Waals surface area contributed by atoms with E-state index in [1.165, 1.54) is 18.5 Å². The van der Waals surface area contributed by atoms with Gasteiger partial charge in [-0.3, -0.25) is 4.68 Å². The fraction of sp³-hybridized carbons (Fsp3) is 0.421. The Bertz CT molecular complexity index is 931. The summed E-state index contributed by atoms with van der Waals surface area (Å²) in [6, 6.07) is 6.02. The number of hydrogen-bond acceptors (Lipinski definition) is 3. The molecule has 0 spiro atoms. The lowest BCUT2D eigenvalue weighted by Gasteiger charge is -2.24. The summed E-state index contributed by atoms with van der Waals surface area (Å²) >= 11 is 0. The number of aromatic nitrogens is 4. The van der Waals surface area contributed by atoms with Gasteiger partial charge in [-0.25, -0.2) is 14.2 Å². The highest BCUT2D eigenvalue weighted by Gasteiger charge is 2.22. The van der Waals surface area contributed by atoms with E-state index < -0.39 is 0 Å². The lowest BCUT2D eigenvalue weighted by molar-refractivity contribution is 0.199. The predicted octanol–water partition coefficient (Wildman–Crippen LogP) is 3.36. The van der Waals surface area contributed by atoms with Crippen molar-refractivity contribution in [3.63, 3.8) is 0 Å². The molecule has 0 aliphatic rings. The predicted molar refractivity (Wildman–Crippen MR) is 101 cm³/mol. The van der Waals surface area contributed by atoms with Crippen LogP contribution in [0.3, 0.4) is 0 Å². The molecule has 0 bridgehead atoms. The topological polar surface area (TPSA) is 78.8 Å². The second-order valence-corrected chi connectivity index (χ2v) is 7.26. The van der Waals surface area contributed by atoms with Gasteiger partial charge in [0.05, 0.1) is 12.6 Å². The normalized spacial score (nSPS) is 12.5. The number of H-pyrrole nitrogens is 1. The SMILES string of the molecule is CC(C)C[C@H](NC(=O)N(C)Cc1cc2cc(F)ccc2[nH]1)c1ncnn1C. The first-order chi connectivity index (χ1) is 12.8. The van der Waals surface area contributed by atoms with Crippen LogP contribution in [0, 0.1) is 11.7 Å². The van der Waals surface area contributed by atoms with Crippen LogP contribution in [-0.4, -0.2) is 37.7 Å². The molecule has 2 amide bonds. The number of aromatic amines is 1. The number of benzene rings is 1. The number of fused-ring (bicyclic) bond motifs is 1. The average Bonchev–Trinajstić information content (AvgIpc) is 3.18. The Morgan fingerprint density at radius 1 is 1.37 bits per heavy atom. The van der Waals surface area contributed by atoms with Gasteiger partial charge in [-0.05, 0) is 36.6 Å². The molecular formula is C19H25FN6O. The number of halogens is 1. The number of nitrogens with zero attached hydrogens (tertiary/aromatic N) is 4. The Morgan fingerprint density at radius 3 is 2.81 bits per heavy atom. The number of urea groups is 1. The van der Waals surface area contributed by atoms with Gasteiger partial charge in [-0.1, -0.05) is 13.8 Å². The molecule has 0 unspecified atom stereocenters. The Morgan fingerprint density at radius 2 is 2.15 bits per heavy atom. The molecule has 3 rings (SSSR count). The molecule has 144 valence electrons. The molecule has 0 radical (unpaired) electrons. The molecule has 3 aromatic rings. The smallest absolute Gasteiger partial charge is 0.318 e. The van der Waals surface area contributed by atoms with Gasteiger partial charge in [0.1, 0.15) is 18.0 Å². The molecule has 1 atom stereocenters. The largest absolute Gasteiger partial charge is 0.357 e. The minimum absolute atomic E-state index is 0.200. The molecule has 7 nitrogen and oxygen atoms in total. The van der Waals surface area contributed by atoms with Crippen molar-refractivity contribution < 1.29 is 9.18 Å². The lowest BCUT2D eigenvalue weighted by Crippen LogP contribution is -2.40. The molecule has 0 aliphatic heterocycles. The van der Waals surface area contributed by atoms with Gasteiger partial charge in [-0.2, -0.15) is 5.10 Å². The van der Waals surface area contributed by atoms with Crippen molar-refractivity contribution in [2.45, 2.75) is 32.9 Å². The molecule has 2 aromatic heterocycles. The highest BCUT2D eigenvalue weighted by molar-refractivity contribution is 5.80. The van der Waals surface area contributed by atoms with Crippen LogP contribution in [-0.2, 0) is 13.6 Å². The summed E-state index contributed by atoms with van der Waals surface area (Å²) in [5, 5.41) is 7.93. The van der Waals surface area contributed by atoms with Gasteiger partial charge in [0.2, 0.25) is 0 Å². The number of aryl methyl sites for hydroxylation is 1. The first-order valence-corrected chi connectivity index (χ1v) is 8.96. The quantitative estimate of drug-likeness (QED) is 0.696. The van der Waals surface area contributed by atoms with Crippen LogP contribution in [0.5, 0.6) is 0 Å². The van der Waals surface area contributed by atoms with Gasteiger partial charge in [0, 0.05) is 30.7 Å². The Kier molecular flexibility index (Phi) is 5.43. The maximum absolute atomic E-state index is 13.3. The van der Waals surface area contributed by atoms with E-state index in [1.807, 2.05) is 13.1 Å². The molecule has 0 aliphatic carbocycles. The summed E-state index contributed by atoms with van der Waals surface area (Å²) in [5.74, 6) is 0.840. The molecular weight excluding hydrogens is 347 g/mol. The van der Waals surface area contributed by atoms with Gasteiger partial charge >= 0.3 is 6.03 Å². The van der Waals surface area contributed by atoms with E-state index in [0.717, 1.165) is 28.8 Å². The number of nitrogens with one attached hydrogen (secondary N) is 2. The van der Waals surface area contributed by atoms with Crippen molar-refractivity contribution in [2.24, 2.45) is 13.0 Å². The van der Waals surface area contributed by atoms with Gasteiger partial charge < -0.3 is 15.2 Å². The lowest BCUT2D eigenvalue weighted by atomic mass is 10.0. The van der Waals surface area contributed by atoms with Crippen molar-refractivity contribution in [2.75, 3.05) is 7.05 Å². The third kappa shape index (κ3) is 4.45. The first kappa shape index (κ1) is 18.9. The zero-order chi connectivity index (χ0) is 19.6. The molecule has 0 fully saturated rings. The van der Waals surface area contributed by atoms with Crippen LogP contribution < -0.4 is 5.32 Å². The Labute approximate surface area is 157 Å². The minimum atomic E-state index is -0.278. The Hall–Kier alpha value is -2.90. The van der Waals surface area contributed by atoms with E-state index >= 15 is 0 Å². The van der Waals surface area contributed by atoms with Crippen LogP contribution in [0.2, 0.25) is 0 Å².